The van der Waals surface area contributed by atoms with Gasteiger partial charge in [0.15, 0.2) is 6.10 Å². The minimum atomic E-state index is -3.91. The summed E-state index contributed by atoms with van der Waals surface area (Å²) >= 11 is 0. The average molecular weight is 398 g/mol. The molecule has 0 bridgehead atoms. The van der Waals surface area contributed by atoms with Crippen LogP contribution in [0.25, 0.3) is 0 Å². The average Bonchev–Trinajstić information content (AvgIpc) is 3.14. The van der Waals surface area contributed by atoms with Gasteiger partial charge in [0.25, 0.3) is 5.91 Å². The van der Waals surface area contributed by atoms with Crippen LogP contribution in [0.4, 0.5) is 0 Å². The Kier molecular flexibility index (Phi) is 7.20. The van der Waals surface area contributed by atoms with Crippen LogP contribution in [0.5, 0.6) is 5.75 Å². The van der Waals surface area contributed by atoms with Gasteiger partial charge >= 0.3 is 5.97 Å². The molecule has 1 aliphatic rings. The highest BCUT2D eigenvalue weighted by atomic mass is 32.2. The van der Waals surface area contributed by atoms with Gasteiger partial charge in [-0.2, -0.15) is 4.72 Å². The third kappa shape index (κ3) is 5.93. The summed E-state index contributed by atoms with van der Waals surface area (Å²) in [5, 5.41) is 2.84. The van der Waals surface area contributed by atoms with Crippen LogP contribution in [0.2, 0.25) is 0 Å². The van der Waals surface area contributed by atoms with E-state index >= 15 is 0 Å². The molecule has 0 radical (unpaired) electrons. The lowest BCUT2D eigenvalue weighted by molar-refractivity contribution is -0.156. The second-order valence-corrected chi connectivity index (χ2v) is 8.30. The zero-order chi connectivity index (χ0) is 20.0. The number of nitrogens with one attached hydrogen (secondary N) is 2. The fraction of sp³-hybridized carbons (Fsp3) is 0.556. The fourth-order valence-corrected chi connectivity index (χ4v) is 4.01. The minimum absolute atomic E-state index is 0.00465. The number of hydrogen-bond donors (Lipinski definition) is 2. The quantitative estimate of drug-likeness (QED) is 0.640. The first-order valence-electron chi connectivity index (χ1n) is 8.90. The Morgan fingerprint density at radius 1 is 1.11 bits per heavy atom. The summed E-state index contributed by atoms with van der Waals surface area (Å²) in [5.41, 5.74) is 0. The van der Waals surface area contributed by atoms with Crippen LogP contribution in [-0.4, -0.2) is 45.6 Å². The molecule has 1 fully saturated rings. The summed E-state index contributed by atoms with van der Waals surface area (Å²) < 4.78 is 37.1. The van der Waals surface area contributed by atoms with Gasteiger partial charge in [0, 0.05) is 6.04 Å². The fourth-order valence-electron chi connectivity index (χ4n) is 2.82. The van der Waals surface area contributed by atoms with Crippen LogP contribution in [0.1, 0.15) is 39.5 Å². The van der Waals surface area contributed by atoms with E-state index in [9.17, 15) is 18.0 Å². The summed E-state index contributed by atoms with van der Waals surface area (Å²) in [5.74, 6) is -0.676. The number of sulfonamides is 1. The molecule has 9 heteroatoms. The van der Waals surface area contributed by atoms with Crippen molar-refractivity contribution < 1.29 is 27.5 Å². The van der Waals surface area contributed by atoms with E-state index in [0.29, 0.717) is 5.75 Å². The lowest BCUT2D eigenvalue weighted by Crippen LogP contribution is -2.45. The number of amides is 1. The molecule has 0 aromatic heterocycles. The van der Waals surface area contributed by atoms with Crippen molar-refractivity contribution in [1.29, 1.82) is 0 Å². The van der Waals surface area contributed by atoms with E-state index in [2.05, 4.69) is 10.0 Å². The summed E-state index contributed by atoms with van der Waals surface area (Å²) in [4.78, 5) is 24.2. The lowest BCUT2D eigenvalue weighted by Gasteiger charge is -2.19. The van der Waals surface area contributed by atoms with Gasteiger partial charge in [-0.15, -0.1) is 0 Å². The second-order valence-electron chi connectivity index (χ2n) is 6.59. The third-order valence-corrected chi connectivity index (χ3v) is 5.98. The number of esters is 1. The molecule has 1 aromatic carbocycles. The summed E-state index contributed by atoms with van der Waals surface area (Å²) in [6, 6.07) is 4.73. The highest BCUT2D eigenvalue weighted by Gasteiger charge is 2.27. The van der Waals surface area contributed by atoms with Gasteiger partial charge < -0.3 is 14.8 Å². The Labute approximate surface area is 159 Å². The van der Waals surface area contributed by atoms with E-state index in [1.54, 1.807) is 0 Å². The number of ether oxygens (including phenoxy) is 2. The molecule has 1 saturated carbocycles. The first-order chi connectivity index (χ1) is 12.7. The molecule has 150 valence electrons. The van der Waals surface area contributed by atoms with E-state index in [-0.39, 0.29) is 16.8 Å². The van der Waals surface area contributed by atoms with E-state index in [1.807, 2.05) is 0 Å². The summed E-state index contributed by atoms with van der Waals surface area (Å²) in [7, 11) is -2.44. The largest absolute Gasteiger partial charge is 0.497 e. The Balaban J connectivity index is 1.90. The smallest absolute Gasteiger partial charge is 0.324 e. The van der Waals surface area contributed by atoms with Crippen molar-refractivity contribution in [2.45, 2.75) is 62.6 Å². The molecule has 0 spiro atoms. The Bertz CT molecular complexity index is 757. The van der Waals surface area contributed by atoms with Crippen LogP contribution in [-0.2, 0) is 24.3 Å². The molecule has 0 saturated heterocycles. The van der Waals surface area contributed by atoms with Crippen molar-refractivity contribution >= 4 is 21.9 Å². The molecule has 27 heavy (non-hydrogen) atoms. The van der Waals surface area contributed by atoms with Crippen molar-refractivity contribution in [3.8, 4) is 5.75 Å². The molecule has 1 aromatic rings. The molecule has 0 aliphatic heterocycles. The first-order valence-corrected chi connectivity index (χ1v) is 10.4. The van der Waals surface area contributed by atoms with Crippen LogP contribution in [0.3, 0.4) is 0 Å². The van der Waals surface area contributed by atoms with Gasteiger partial charge in [-0.3, -0.25) is 9.59 Å². The van der Waals surface area contributed by atoms with Gasteiger partial charge in [0.05, 0.1) is 12.0 Å². The zero-order valence-electron chi connectivity index (χ0n) is 15.7. The van der Waals surface area contributed by atoms with E-state index in [0.717, 1.165) is 25.7 Å². The van der Waals surface area contributed by atoms with Crippen molar-refractivity contribution in [1.82, 2.24) is 10.0 Å². The molecule has 1 aliphatic carbocycles. The molecule has 2 N–H and O–H groups in total. The zero-order valence-corrected chi connectivity index (χ0v) is 16.5. The molecular weight excluding hydrogens is 372 g/mol. The van der Waals surface area contributed by atoms with E-state index in [4.69, 9.17) is 9.47 Å². The summed E-state index contributed by atoms with van der Waals surface area (Å²) in [6.07, 6.45) is 2.99. The Morgan fingerprint density at radius 2 is 1.70 bits per heavy atom. The number of carbonyl (C=O) groups is 2. The van der Waals surface area contributed by atoms with Gasteiger partial charge in [-0.25, -0.2) is 8.42 Å². The van der Waals surface area contributed by atoms with Crippen LogP contribution in [0.15, 0.2) is 29.2 Å². The maximum absolute atomic E-state index is 12.4. The van der Waals surface area contributed by atoms with Gasteiger partial charge in [0.1, 0.15) is 11.8 Å². The lowest BCUT2D eigenvalue weighted by atomic mass is 10.2. The van der Waals surface area contributed by atoms with Crippen LogP contribution < -0.4 is 14.8 Å². The highest BCUT2D eigenvalue weighted by molar-refractivity contribution is 7.89. The van der Waals surface area contributed by atoms with Crippen molar-refractivity contribution in [3.63, 3.8) is 0 Å². The Morgan fingerprint density at radius 3 is 2.26 bits per heavy atom. The maximum atomic E-state index is 12.4. The number of rotatable bonds is 8. The predicted octanol–water partition coefficient (Wildman–Crippen LogP) is 1.35. The van der Waals surface area contributed by atoms with Crippen molar-refractivity contribution in [3.05, 3.63) is 24.3 Å². The number of methoxy groups -OCH3 is 1. The maximum Gasteiger partial charge on any atom is 0.324 e. The van der Waals surface area contributed by atoms with Crippen molar-refractivity contribution in [2.24, 2.45) is 0 Å². The van der Waals surface area contributed by atoms with Gasteiger partial charge in [0.2, 0.25) is 10.0 Å². The highest BCUT2D eigenvalue weighted by Crippen LogP contribution is 2.18. The Hall–Kier alpha value is -2.13. The minimum Gasteiger partial charge on any atom is -0.497 e. The molecule has 2 rings (SSSR count). The summed E-state index contributed by atoms with van der Waals surface area (Å²) in [6.45, 7) is 2.83. The molecule has 0 heterocycles. The number of hydrogen-bond acceptors (Lipinski definition) is 6. The van der Waals surface area contributed by atoms with E-state index < -0.39 is 28.1 Å². The topological polar surface area (TPSA) is 111 Å². The SMILES string of the molecule is COc1ccc(S(=O)(=O)NC(C)C(=O)OC(C)C(=O)NC2CCCC2)cc1. The van der Waals surface area contributed by atoms with Gasteiger partial charge in [-0.05, 0) is 51.0 Å². The molecule has 2 atom stereocenters. The third-order valence-electron chi connectivity index (χ3n) is 4.42. The predicted molar refractivity (Wildman–Crippen MR) is 98.7 cm³/mol. The first kappa shape index (κ1) is 21.2. The monoisotopic (exact) mass is 398 g/mol. The molecule has 8 nitrogen and oxygen atoms in total. The van der Waals surface area contributed by atoms with Crippen LogP contribution in [0, 0.1) is 0 Å². The standard InChI is InChI=1S/C18H26N2O6S/c1-12(20-27(23,24)16-10-8-15(25-3)9-11-16)18(22)26-13(2)17(21)19-14-6-4-5-7-14/h8-14,20H,4-7H2,1-3H3,(H,19,21). The number of carbonyl (C=O) groups excluding carboxylic acids is 2. The van der Waals surface area contributed by atoms with E-state index in [1.165, 1.54) is 45.2 Å². The second kappa shape index (κ2) is 9.18. The molecule has 2 unspecified atom stereocenters. The van der Waals surface area contributed by atoms with Gasteiger partial charge in [-0.1, -0.05) is 12.8 Å². The normalized spacial score (nSPS) is 17.1. The number of benzene rings is 1. The van der Waals surface area contributed by atoms with Crippen LogP contribution >= 0.6 is 0 Å². The molecular formula is C18H26N2O6S. The van der Waals surface area contributed by atoms with Crippen molar-refractivity contribution in [2.75, 3.05) is 7.11 Å². The molecule has 1 amide bonds.